The summed E-state index contributed by atoms with van der Waals surface area (Å²) >= 11 is 0. The Morgan fingerprint density at radius 1 is 1.00 bits per heavy atom. The van der Waals surface area contributed by atoms with Gasteiger partial charge in [-0.25, -0.2) is 0 Å². The second-order valence-electron chi connectivity index (χ2n) is 6.77. The van der Waals surface area contributed by atoms with Crippen molar-refractivity contribution in [2.45, 2.75) is 37.6 Å². The highest BCUT2D eigenvalue weighted by Crippen LogP contribution is 2.46. The van der Waals surface area contributed by atoms with Gasteiger partial charge in [0, 0.05) is 24.1 Å². The molecule has 0 spiro atoms. The largest absolute Gasteiger partial charge is 0.504 e. The lowest BCUT2D eigenvalue weighted by atomic mass is 9.79. The van der Waals surface area contributed by atoms with E-state index in [9.17, 15) is 10.2 Å². The first-order valence-corrected chi connectivity index (χ1v) is 8.55. The van der Waals surface area contributed by atoms with Gasteiger partial charge in [0.15, 0.2) is 11.5 Å². The molecule has 1 aliphatic carbocycles. The molecule has 0 unspecified atom stereocenters. The Morgan fingerprint density at radius 3 is 2.65 bits per heavy atom. The number of fused-ring (bicyclic) bond motifs is 3. The fourth-order valence-corrected chi connectivity index (χ4v) is 4.40. The number of benzene rings is 2. The van der Waals surface area contributed by atoms with Crippen molar-refractivity contribution in [3.8, 4) is 11.5 Å². The maximum Gasteiger partial charge on any atom is 0.160 e. The summed E-state index contributed by atoms with van der Waals surface area (Å²) in [5.74, 6) is 0.617. The van der Waals surface area contributed by atoms with Gasteiger partial charge >= 0.3 is 0 Å². The molecule has 2 aliphatic rings. The molecule has 3 heteroatoms. The minimum absolute atomic E-state index is 0.0149. The fraction of sp³-hybridized carbons (Fsp3) is 0.400. The van der Waals surface area contributed by atoms with Crippen molar-refractivity contribution in [1.82, 2.24) is 4.90 Å². The predicted molar refractivity (Wildman–Crippen MR) is 91.0 cm³/mol. The summed E-state index contributed by atoms with van der Waals surface area (Å²) in [6.45, 7) is 2.23. The molecule has 3 nitrogen and oxygen atoms in total. The third kappa shape index (κ3) is 2.59. The molecule has 4 rings (SSSR count). The monoisotopic (exact) mass is 309 g/mol. The van der Waals surface area contributed by atoms with Crippen LogP contribution in [-0.4, -0.2) is 34.2 Å². The summed E-state index contributed by atoms with van der Waals surface area (Å²) in [6, 6.07) is 14.9. The maximum absolute atomic E-state index is 10.1. The maximum atomic E-state index is 10.1. The molecule has 1 aliphatic heterocycles. The molecule has 2 aromatic carbocycles. The van der Waals surface area contributed by atoms with Gasteiger partial charge < -0.3 is 10.2 Å². The van der Waals surface area contributed by atoms with Crippen LogP contribution in [0, 0.1) is 0 Å². The average molecular weight is 309 g/mol. The van der Waals surface area contributed by atoms with Crippen LogP contribution in [0.1, 0.15) is 35.4 Å². The van der Waals surface area contributed by atoms with E-state index < -0.39 is 0 Å². The lowest BCUT2D eigenvalue weighted by Crippen LogP contribution is -2.36. The molecular formula is C20H23NO2. The Morgan fingerprint density at radius 2 is 1.83 bits per heavy atom. The van der Waals surface area contributed by atoms with E-state index >= 15 is 0 Å². The number of phenols is 2. The van der Waals surface area contributed by atoms with Gasteiger partial charge in [-0.15, -0.1) is 0 Å². The van der Waals surface area contributed by atoms with Gasteiger partial charge in [-0.3, -0.25) is 4.90 Å². The fourth-order valence-electron chi connectivity index (χ4n) is 4.40. The first-order chi connectivity index (χ1) is 11.2. The third-order valence-electron chi connectivity index (χ3n) is 5.58. The molecule has 0 saturated carbocycles. The van der Waals surface area contributed by atoms with Gasteiger partial charge in [0.1, 0.15) is 0 Å². The van der Waals surface area contributed by atoms with Crippen molar-refractivity contribution in [3.63, 3.8) is 0 Å². The Hall–Kier alpha value is -2.00. The Bertz CT molecular complexity index is 698. The molecular weight excluding hydrogens is 286 g/mol. The van der Waals surface area contributed by atoms with Crippen LogP contribution < -0.4 is 0 Å². The molecule has 2 N–H and O–H groups in total. The molecule has 1 heterocycles. The first-order valence-electron chi connectivity index (χ1n) is 8.55. The van der Waals surface area contributed by atoms with E-state index in [2.05, 4.69) is 35.2 Å². The number of likely N-dealkylation sites (tertiary alicyclic amines) is 1. The average Bonchev–Trinajstić information content (AvgIpc) is 3.00. The highest BCUT2D eigenvalue weighted by atomic mass is 16.3. The number of hydrogen-bond acceptors (Lipinski definition) is 3. The van der Waals surface area contributed by atoms with Crippen molar-refractivity contribution >= 4 is 0 Å². The molecule has 1 fully saturated rings. The first kappa shape index (κ1) is 14.6. The SMILES string of the molecule is Oc1ccc2c(c1O)CC[C@H]1[C@@H]2CCN1CCc1ccccc1. The molecule has 0 aromatic heterocycles. The van der Waals surface area contributed by atoms with E-state index in [0.29, 0.717) is 12.0 Å². The minimum Gasteiger partial charge on any atom is -0.504 e. The summed E-state index contributed by atoms with van der Waals surface area (Å²) < 4.78 is 0. The topological polar surface area (TPSA) is 43.7 Å². The summed E-state index contributed by atoms with van der Waals surface area (Å²) in [5.41, 5.74) is 3.62. The van der Waals surface area contributed by atoms with Gasteiger partial charge in [0.2, 0.25) is 0 Å². The number of aromatic hydroxyl groups is 2. The summed E-state index contributed by atoms with van der Waals surface area (Å²) in [5, 5.41) is 19.8. The Kier molecular flexibility index (Phi) is 3.74. The zero-order valence-electron chi connectivity index (χ0n) is 13.3. The highest BCUT2D eigenvalue weighted by molar-refractivity contribution is 5.52. The van der Waals surface area contributed by atoms with Crippen LogP contribution in [0.25, 0.3) is 0 Å². The number of hydrogen-bond donors (Lipinski definition) is 2. The predicted octanol–water partition coefficient (Wildman–Crippen LogP) is 3.44. The smallest absolute Gasteiger partial charge is 0.160 e. The Labute approximate surface area is 137 Å². The van der Waals surface area contributed by atoms with Crippen molar-refractivity contribution in [2.24, 2.45) is 0 Å². The van der Waals surface area contributed by atoms with Gasteiger partial charge in [0.25, 0.3) is 0 Å². The standard InChI is InChI=1S/C20H23NO2/c22-19-9-7-15-16-11-13-21(12-10-14-4-2-1-3-5-14)18(16)8-6-17(15)20(19)23/h1-5,7,9,16,18,22-23H,6,8,10-13H2/t16-,18+/m1/s1. The number of nitrogens with zero attached hydrogens (tertiary/aromatic N) is 1. The van der Waals surface area contributed by atoms with Crippen LogP contribution in [-0.2, 0) is 12.8 Å². The van der Waals surface area contributed by atoms with E-state index in [1.165, 1.54) is 11.1 Å². The molecule has 0 amide bonds. The van der Waals surface area contributed by atoms with E-state index in [0.717, 1.165) is 44.3 Å². The molecule has 120 valence electrons. The molecule has 2 aromatic rings. The summed E-state index contributed by atoms with van der Waals surface area (Å²) in [6.07, 6.45) is 4.18. The Balaban J connectivity index is 1.50. The summed E-state index contributed by atoms with van der Waals surface area (Å²) in [4.78, 5) is 2.62. The third-order valence-corrected chi connectivity index (χ3v) is 5.58. The molecule has 0 radical (unpaired) electrons. The van der Waals surface area contributed by atoms with Gasteiger partial charge in [-0.05, 0) is 49.4 Å². The van der Waals surface area contributed by atoms with E-state index in [4.69, 9.17) is 0 Å². The summed E-state index contributed by atoms with van der Waals surface area (Å²) in [7, 11) is 0. The van der Waals surface area contributed by atoms with E-state index in [-0.39, 0.29) is 11.5 Å². The van der Waals surface area contributed by atoms with Crippen LogP contribution in [0.4, 0.5) is 0 Å². The van der Waals surface area contributed by atoms with Crippen LogP contribution in [0.15, 0.2) is 42.5 Å². The molecule has 2 atom stereocenters. The quantitative estimate of drug-likeness (QED) is 0.854. The minimum atomic E-state index is 0.0149. The van der Waals surface area contributed by atoms with E-state index in [1.807, 2.05) is 6.07 Å². The van der Waals surface area contributed by atoms with Crippen molar-refractivity contribution in [2.75, 3.05) is 13.1 Å². The van der Waals surface area contributed by atoms with Crippen molar-refractivity contribution in [1.29, 1.82) is 0 Å². The number of phenolic OH excluding ortho intramolecular Hbond substituents is 2. The molecule has 1 saturated heterocycles. The van der Waals surface area contributed by atoms with Gasteiger partial charge in [-0.2, -0.15) is 0 Å². The lowest BCUT2D eigenvalue weighted by Gasteiger charge is -2.33. The highest BCUT2D eigenvalue weighted by Gasteiger charge is 2.39. The lowest BCUT2D eigenvalue weighted by molar-refractivity contribution is 0.228. The molecule has 0 bridgehead atoms. The second kappa shape index (κ2) is 5.89. The normalized spacial score (nSPS) is 23.5. The molecule has 23 heavy (non-hydrogen) atoms. The van der Waals surface area contributed by atoms with Gasteiger partial charge in [-0.1, -0.05) is 36.4 Å². The van der Waals surface area contributed by atoms with Crippen LogP contribution in [0.2, 0.25) is 0 Å². The zero-order chi connectivity index (χ0) is 15.8. The zero-order valence-corrected chi connectivity index (χ0v) is 13.3. The van der Waals surface area contributed by atoms with Crippen LogP contribution in [0.3, 0.4) is 0 Å². The van der Waals surface area contributed by atoms with Crippen LogP contribution >= 0.6 is 0 Å². The van der Waals surface area contributed by atoms with Crippen LogP contribution in [0.5, 0.6) is 11.5 Å². The van der Waals surface area contributed by atoms with E-state index in [1.54, 1.807) is 6.07 Å². The second-order valence-corrected chi connectivity index (χ2v) is 6.77. The van der Waals surface area contributed by atoms with Crippen molar-refractivity contribution in [3.05, 3.63) is 59.2 Å². The van der Waals surface area contributed by atoms with Gasteiger partial charge in [0.05, 0.1) is 0 Å². The van der Waals surface area contributed by atoms with Crippen molar-refractivity contribution < 1.29 is 10.2 Å². The number of rotatable bonds is 3.